The molecule has 0 saturated carbocycles. The van der Waals surface area contributed by atoms with Crippen molar-refractivity contribution in [3.63, 3.8) is 0 Å². The zero-order valence-electron chi connectivity index (χ0n) is 17.8. The number of ether oxygens (including phenoxy) is 2. The van der Waals surface area contributed by atoms with Gasteiger partial charge in [0.15, 0.2) is 5.96 Å². The van der Waals surface area contributed by atoms with Crippen LogP contribution in [0.1, 0.15) is 42.6 Å². The SMILES string of the molecule is CCNC(=NCc1ccccc1OC)NCC1CCCOC1c1ccc(C)cc1. The van der Waals surface area contributed by atoms with Crippen LogP contribution >= 0.6 is 0 Å². The molecule has 2 unspecified atom stereocenters. The van der Waals surface area contributed by atoms with E-state index in [1.165, 1.54) is 11.1 Å². The second kappa shape index (κ2) is 10.9. The normalized spacial score (nSPS) is 19.6. The summed E-state index contributed by atoms with van der Waals surface area (Å²) in [4.78, 5) is 4.76. The summed E-state index contributed by atoms with van der Waals surface area (Å²) >= 11 is 0. The van der Waals surface area contributed by atoms with E-state index >= 15 is 0 Å². The molecule has 2 aromatic carbocycles. The summed E-state index contributed by atoms with van der Waals surface area (Å²) in [5, 5.41) is 6.88. The maximum Gasteiger partial charge on any atom is 0.191 e. The highest BCUT2D eigenvalue weighted by atomic mass is 16.5. The maximum absolute atomic E-state index is 6.15. The van der Waals surface area contributed by atoms with E-state index in [0.717, 1.165) is 49.8 Å². The largest absolute Gasteiger partial charge is 0.496 e. The molecule has 0 spiro atoms. The molecule has 2 atom stereocenters. The Hall–Kier alpha value is -2.53. The van der Waals surface area contributed by atoms with Crippen molar-refractivity contribution in [3.8, 4) is 5.75 Å². The van der Waals surface area contributed by atoms with E-state index in [-0.39, 0.29) is 6.10 Å². The van der Waals surface area contributed by atoms with Crippen LogP contribution in [0, 0.1) is 12.8 Å². The van der Waals surface area contributed by atoms with Crippen LogP contribution in [0.3, 0.4) is 0 Å². The number of methoxy groups -OCH3 is 1. The van der Waals surface area contributed by atoms with Gasteiger partial charge in [0, 0.05) is 31.2 Å². The van der Waals surface area contributed by atoms with Gasteiger partial charge in [0.05, 0.1) is 19.8 Å². The van der Waals surface area contributed by atoms with E-state index < -0.39 is 0 Å². The van der Waals surface area contributed by atoms with Crippen LogP contribution in [0.25, 0.3) is 0 Å². The summed E-state index contributed by atoms with van der Waals surface area (Å²) in [6, 6.07) is 16.7. The van der Waals surface area contributed by atoms with E-state index in [0.29, 0.717) is 12.5 Å². The number of hydrogen-bond acceptors (Lipinski definition) is 3. The number of aryl methyl sites for hydroxylation is 1. The Kier molecular flexibility index (Phi) is 7.94. The highest BCUT2D eigenvalue weighted by molar-refractivity contribution is 5.79. The Morgan fingerprint density at radius 3 is 2.69 bits per heavy atom. The molecule has 0 aromatic heterocycles. The van der Waals surface area contributed by atoms with Crippen LogP contribution < -0.4 is 15.4 Å². The van der Waals surface area contributed by atoms with Gasteiger partial charge in [0.2, 0.25) is 0 Å². The Labute approximate surface area is 174 Å². The third-order valence-electron chi connectivity index (χ3n) is 5.33. The fourth-order valence-corrected chi connectivity index (χ4v) is 3.74. The molecule has 0 radical (unpaired) electrons. The Bertz CT molecular complexity index is 789. The van der Waals surface area contributed by atoms with Crippen LogP contribution in [0.5, 0.6) is 5.75 Å². The molecule has 1 heterocycles. The Balaban J connectivity index is 1.65. The van der Waals surface area contributed by atoms with Gasteiger partial charge in [-0.15, -0.1) is 0 Å². The van der Waals surface area contributed by atoms with E-state index in [2.05, 4.69) is 48.7 Å². The lowest BCUT2D eigenvalue weighted by Gasteiger charge is -2.32. The van der Waals surface area contributed by atoms with Crippen molar-refractivity contribution in [2.45, 2.75) is 39.3 Å². The quantitative estimate of drug-likeness (QED) is 0.544. The third-order valence-corrected chi connectivity index (χ3v) is 5.33. The minimum Gasteiger partial charge on any atom is -0.496 e. The summed E-state index contributed by atoms with van der Waals surface area (Å²) in [7, 11) is 1.69. The van der Waals surface area contributed by atoms with Gasteiger partial charge in [-0.1, -0.05) is 48.0 Å². The first-order valence-corrected chi connectivity index (χ1v) is 10.5. The van der Waals surface area contributed by atoms with Crippen molar-refractivity contribution in [2.75, 3.05) is 26.8 Å². The monoisotopic (exact) mass is 395 g/mol. The number of hydrogen-bond donors (Lipinski definition) is 2. The Morgan fingerprint density at radius 1 is 1.14 bits per heavy atom. The van der Waals surface area contributed by atoms with E-state index in [1.54, 1.807) is 7.11 Å². The highest BCUT2D eigenvalue weighted by Gasteiger charge is 2.27. The second-order valence-corrected chi connectivity index (χ2v) is 7.49. The van der Waals surface area contributed by atoms with Crippen LogP contribution in [0.15, 0.2) is 53.5 Å². The van der Waals surface area contributed by atoms with Crippen molar-refractivity contribution in [3.05, 3.63) is 65.2 Å². The van der Waals surface area contributed by atoms with Gasteiger partial charge in [-0.25, -0.2) is 4.99 Å². The standard InChI is InChI=1S/C24H33N3O2/c1-4-25-24(26-16-20-8-5-6-10-22(20)28-3)27-17-21-9-7-15-29-23(21)19-13-11-18(2)12-14-19/h5-6,8,10-14,21,23H,4,7,9,15-17H2,1-3H3,(H2,25,26,27). The lowest BCUT2D eigenvalue weighted by molar-refractivity contribution is -0.0265. The summed E-state index contributed by atoms with van der Waals surface area (Å²) in [6.07, 6.45) is 2.38. The summed E-state index contributed by atoms with van der Waals surface area (Å²) in [5.41, 5.74) is 3.61. The average Bonchev–Trinajstić information content (AvgIpc) is 2.76. The predicted octanol–water partition coefficient (Wildman–Crippen LogP) is 4.23. The molecule has 3 rings (SSSR count). The van der Waals surface area contributed by atoms with Crippen LogP contribution in [-0.4, -0.2) is 32.8 Å². The predicted molar refractivity (Wildman–Crippen MR) is 118 cm³/mol. The summed E-state index contributed by atoms with van der Waals surface area (Å²) < 4.78 is 11.6. The van der Waals surface area contributed by atoms with Crippen molar-refractivity contribution in [1.82, 2.24) is 10.6 Å². The lowest BCUT2D eigenvalue weighted by Crippen LogP contribution is -2.42. The molecule has 1 fully saturated rings. The molecule has 5 heteroatoms. The van der Waals surface area contributed by atoms with E-state index in [9.17, 15) is 0 Å². The molecular weight excluding hydrogens is 362 g/mol. The number of aliphatic imine (C=N–C) groups is 1. The molecule has 0 bridgehead atoms. The van der Waals surface area contributed by atoms with Crippen molar-refractivity contribution >= 4 is 5.96 Å². The number of para-hydroxylation sites is 1. The number of nitrogens with zero attached hydrogens (tertiary/aromatic N) is 1. The van der Waals surface area contributed by atoms with Crippen molar-refractivity contribution in [2.24, 2.45) is 10.9 Å². The van der Waals surface area contributed by atoms with E-state index in [4.69, 9.17) is 14.5 Å². The molecule has 156 valence electrons. The van der Waals surface area contributed by atoms with Crippen LogP contribution in [0.2, 0.25) is 0 Å². The van der Waals surface area contributed by atoms with Gasteiger partial charge in [0.1, 0.15) is 5.75 Å². The Morgan fingerprint density at radius 2 is 1.93 bits per heavy atom. The van der Waals surface area contributed by atoms with Gasteiger partial charge in [-0.05, 0) is 38.3 Å². The smallest absolute Gasteiger partial charge is 0.191 e. The number of rotatable bonds is 7. The molecule has 5 nitrogen and oxygen atoms in total. The van der Waals surface area contributed by atoms with Gasteiger partial charge < -0.3 is 20.1 Å². The van der Waals surface area contributed by atoms with Gasteiger partial charge in [0.25, 0.3) is 0 Å². The molecule has 29 heavy (non-hydrogen) atoms. The topological polar surface area (TPSA) is 54.9 Å². The molecule has 2 N–H and O–H groups in total. The summed E-state index contributed by atoms with van der Waals surface area (Å²) in [6.45, 7) is 7.25. The van der Waals surface area contributed by atoms with Crippen LogP contribution in [0.4, 0.5) is 0 Å². The minimum atomic E-state index is 0.133. The number of benzene rings is 2. The molecule has 1 saturated heterocycles. The average molecular weight is 396 g/mol. The van der Waals surface area contributed by atoms with Crippen molar-refractivity contribution < 1.29 is 9.47 Å². The number of nitrogens with one attached hydrogen (secondary N) is 2. The zero-order valence-corrected chi connectivity index (χ0v) is 17.8. The van der Waals surface area contributed by atoms with Gasteiger partial charge in [-0.2, -0.15) is 0 Å². The third kappa shape index (κ3) is 5.97. The molecule has 1 aliphatic rings. The highest BCUT2D eigenvalue weighted by Crippen LogP contribution is 2.33. The zero-order chi connectivity index (χ0) is 20.5. The number of guanidine groups is 1. The minimum absolute atomic E-state index is 0.133. The first kappa shape index (κ1) is 21.2. The van der Waals surface area contributed by atoms with E-state index in [1.807, 2.05) is 24.3 Å². The molecule has 2 aromatic rings. The molecule has 0 amide bonds. The second-order valence-electron chi connectivity index (χ2n) is 7.49. The first-order valence-electron chi connectivity index (χ1n) is 10.5. The van der Waals surface area contributed by atoms with Crippen LogP contribution in [-0.2, 0) is 11.3 Å². The molecular formula is C24H33N3O2. The van der Waals surface area contributed by atoms with Gasteiger partial charge >= 0.3 is 0 Å². The fourth-order valence-electron chi connectivity index (χ4n) is 3.74. The van der Waals surface area contributed by atoms with Crippen molar-refractivity contribution in [1.29, 1.82) is 0 Å². The first-order chi connectivity index (χ1) is 14.2. The van der Waals surface area contributed by atoms with Gasteiger partial charge in [-0.3, -0.25) is 0 Å². The maximum atomic E-state index is 6.15. The lowest BCUT2D eigenvalue weighted by atomic mass is 9.89. The fraction of sp³-hybridized carbons (Fsp3) is 0.458. The summed E-state index contributed by atoms with van der Waals surface area (Å²) in [5.74, 6) is 2.11. The molecule has 0 aliphatic carbocycles. The molecule has 1 aliphatic heterocycles.